The number of hydrogen-bond acceptors (Lipinski definition) is 8. The van der Waals surface area contributed by atoms with Crippen molar-refractivity contribution in [2.45, 2.75) is 25.7 Å². The Morgan fingerprint density at radius 3 is 2.53 bits per heavy atom. The lowest BCUT2D eigenvalue weighted by atomic mass is 9.97. The fraction of sp³-hybridized carbons (Fsp3) is 0.300. The van der Waals surface area contributed by atoms with Crippen molar-refractivity contribution in [3.8, 4) is 0 Å². The third-order valence-corrected chi connectivity index (χ3v) is 8.67. The molecule has 1 N–H and O–H groups in total. The maximum Gasteiger partial charge on any atom is 0.301 e. The number of nitrogens with zero attached hydrogens (tertiary/aromatic N) is 5. The van der Waals surface area contributed by atoms with Gasteiger partial charge in [0.1, 0.15) is 5.84 Å². The Balaban J connectivity index is 1.38. The second kappa shape index (κ2) is 13.0. The van der Waals surface area contributed by atoms with E-state index in [0.717, 1.165) is 78.0 Å². The molecule has 0 spiro atoms. The zero-order chi connectivity index (χ0) is 30.6. The number of sulfonamides is 1. The Morgan fingerprint density at radius 1 is 1.12 bits per heavy atom. The van der Waals surface area contributed by atoms with Crippen molar-refractivity contribution in [2.75, 3.05) is 41.8 Å². The number of amides is 1. The van der Waals surface area contributed by atoms with Crippen LogP contribution < -0.4 is 9.62 Å². The molecule has 2 heterocycles. The molecule has 224 valence electrons. The van der Waals surface area contributed by atoms with Gasteiger partial charge in [-0.25, -0.2) is 13.4 Å². The summed E-state index contributed by atoms with van der Waals surface area (Å²) in [6.07, 6.45) is 4.45. The van der Waals surface area contributed by atoms with Crippen LogP contribution in [0.15, 0.2) is 76.8 Å². The van der Waals surface area contributed by atoms with Crippen molar-refractivity contribution in [3.05, 3.63) is 99.1 Å². The summed E-state index contributed by atoms with van der Waals surface area (Å²) in [5.74, 6) is 1.28. The van der Waals surface area contributed by atoms with Crippen molar-refractivity contribution in [2.24, 2.45) is 10.1 Å². The number of hydrazone groups is 1. The molecule has 11 nitrogen and oxygen atoms in total. The number of carbonyl (C=O) groups is 1. The number of nitro groups is 1. The number of benzene rings is 3. The average Bonchev–Trinajstić information content (AvgIpc) is 2.98. The minimum Gasteiger partial charge on any atom is -0.326 e. The van der Waals surface area contributed by atoms with E-state index in [1.807, 2.05) is 18.2 Å². The van der Waals surface area contributed by atoms with Crippen LogP contribution in [0.2, 0.25) is 0 Å². The molecule has 0 saturated heterocycles. The number of nitro benzene ring substituents is 1. The molecule has 1 amide bonds. The molecule has 2 aliphatic rings. The quantitative estimate of drug-likeness (QED) is 0.113. The smallest absolute Gasteiger partial charge is 0.301 e. The van der Waals surface area contributed by atoms with Crippen molar-refractivity contribution in [1.82, 2.24) is 5.01 Å². The monoisotopic (exact) mass is 620 g/mol. The van der Waals surface area contributed by atoms with Gasteiger partial charge in [0.25, 0.3) is 5.69 Å². The third-order valence-electron chi connectivity index (χ3n) is 7.13. The van der Waals surface area contributed by atoms with Crippen molar-refractivity contribution in [3.63, 3.8) is 0 Å². The second-order valence-corrected chi connectivity index (χ2v) is 13.1. The molecule has 0 unspecified atom stereocenters. The van der Waals surface area contributed by atoms with Crippen molar-refractivity contribution < 1.29 is 18.1 Å². The molecule has 0 aliphatic carbocycles. The molecular formula is C30H32N6O5S2. The summed E-state index contributed by atoms with van der Waals surface area (Å²) in [5.41, 5.74) is 6.45. The molecular weight excluding hydrogens is 589 g/mol. The van der Waals surface area contributed by atoms with Gasteiger partial charge in [-0.3, -0.25) is 24.6 Å². The third kappa shape index (κ3) is 7.59. The van der Waals surface area contributed by atoms with Gasteiger partial charge >= 0.3 is 5.24 Å². The number of rotatable bonds is 9. The van der Waals surface area contributed by atoms with E-state index in [4.69, 9.17) is 4.99 Å². The predicted molar refractivity (Wildman–Crippen MR) is 172 cm³/mol. The Bertz CT molecular complexity index is 1690. The van der Waals surface area contributed by atoms with Crippen LogP contribution in [0.25, 0.3) is 0 Å². The number of hydrogen-bond donors (Lipinski definition) is 1. The largest absolute Gasteiger partial charge is 0.326 e. The second-order valence-electron chi connectivity index (χ2n) is 10.4. The maximum atomic E-state index is 11.9. The van der Waals surface area contributed by atoms with E-state index in [1.54, 1.807) is 31.3 Å². The molecule has 3 aromatic carbocycles. The molecule has 3 aromatic rings. The van der Waals surface area contributed by atoms with Crippen LogP contribution in [0, 0.1) is 10.1 Å². The standard InChI is InChI=1S/C30H32N6O5S2/c1-34-30(37)42-20-27(32-34)23-11-16-28-24(19-23)6-4-18-35(28)29(22-9-14-26(15-10-22)36(38)39)31-17-3-5-21-7-12-25(13-8-21)33-43(2,40)41/h7-16,19,33H,3-6,17-18,20H2,1-2H3/b31-29-. The molecule has 0 saturated carbocycles. The van der Waals surface area contributed by atoms with Gasteiger partial charge in [0.15, 0.2) is 0 Å². The summed E-state index contributed by atoms with van der Waals surface area (Å²) >= 11 is 1.24. The first-order valence-electron chi connectivity index (χ1n) is 13.8. The van der Waals surface area contributed by atoms with Crippen molar-refractivity contribution >= 4 is 55.6 Å². The molecule has 13 heteroatoms. The van der Waals surface area contributed by atoms with Crippen molar-refractivity contribution in [1.29, 1.82) is 0 Å². The summed E-state index contributed by atoms with van der Waals surface area (Å²) in [7, 11) is -1.67. The van der Waals surface area contributed by atoms with E-state index in [2.05, 4.69) is 26.9 Å². The number of anilines is 2. The van der Waals surface area contributed by atoms with Crippen LogP contribution in [-0.2, 0) is 22.9 Å². The molecule has 0 atom stereocenters. The maximum absolute atomic E-state index is 11.9. The lowest BCUT2D eigenvalue weighted by Gasteiger charge is -2.33. The molecule has 43 heavy (non-hydrogen) atoms. The highest BCUT2D eigenvalue weighted by Crippen LogP contribution is 2.31. The fourth-order valence-electron chi connectivity index (χ4n) is 5.10. The van der Waals surface area contributed by atoms with Crippen LogP contribution in [-0.4, -0.2) is 67.3 Å². The lowest BCUT2D eigenvalue weighted by Crippen LogP contribution is -2.36. The van der Waals surface area contributed by atoms with Gasteiger partial charge in [0.2, 0.25) is 10.0 Å². The van der Waals surface area contributed by atoms with Gasteiger partial charge < -0.3 is 4.90 Å². The first kappa shape index (κ1) is 30.2. The Hall–Kier alpha value is -4.23. The van der Waals surface area contributed by atoms with Gasteiger partial charge in [0.05, 0.1) is 16.9 Å². The summed E-state index contributed by atoms with van der Waals surface area (Å²) in [6, 6.07) is 20.0. The summed E-state index contributed by atoms with van der Waals surface area (Å²) in [4.78, 5) is 29.9. The first-order chi connectivity index (χ1) is 20.6. The molecule has 0 fully saturated rings. The Morgan fingerprint density at radius 2 is 1.86 bits per heavy atom. The molecule has 0 bridgehead atoms. The fourth-order valence-corrected chi connectivity index (χ4v) is 6.37. The van der Waals surface area contributed by atoms with Crippen LogP contribution in [0.5, 0.6) is 0 Å². The van der Waals surface area contributed by atoms with E-state index in [9.17, 15) is 23.3 Å². The summed E-state index contributed by atoms with van der Waals surface area (Å²) < 4.78 is 25.4. The number of fused-ring (bicyclic) bond motifs is 1. The summed E-state index contributed by atoms with van der Waals surface area (Å²) in [5, 5.41) is 17.0. The van der Waals surface area contributed by atoms with Gasteiger partial charge in [-0.15, -0.1) is 0 Å². The van der Waals surface area contributed by atoms with Gasteiger partial charge in [-0.1, -0.05) is 30.0 Å². The topological polar surface area (TPSA) is 138 Å². The van der Waals surface area contributed by atoms with Gasteiger partial charge in [-0.05, 0) is 78.8 Å². The highest BCUT2D eigenvalue weighted by atomic mass is 32.2. The van der Waals surface area contributed by atoms with Crippen LogP contribution >= 0.6 is 11.8 Å². The van der Waals surface area contributed by atoms with E-state index in [-0.39, 0.29) is 10.9 Å². The van der Waals surface area contributed by atoms with E-state index in [1.165, 1.54) is 28.9 Å². The predicted octanol–water partition coefficient (Wildman–Crippen LogP) is 5.30. The zero-order valence-corrected chi connectivity index (χ0v) is 25.5. The number of thioether (sulfide) groups is 1. The number of carbonyl (C=O) groups excluding carboxylic acids is 1. The number of amidine groups is 1. The molecule has 5 rings (SSSR count). The minimum absolute atomic E-state index is 0.0233. The van der Waals surface area contributed by atoms with Gasteiger partial charge in [0, 0.05) is 55.0 Å². The Kier molecular flexibility index (Phi) is 9.11. The van der Waals surface area contributed by atoms with Crippen LogP contribution in [0.3, 0.4) is 0 Å². The van der Waals surface area contributed by atoms with E-state index < -0.39 is 14.9 Å². The molecule has 0 aromatic heterocycles. The lowest BCUT2D eigenvalue weighted by molar-refractivity contribution is -0.384. The number of nitrogens with one attached hydrogen (secondary N) is 1. The molecule has 0 radical (unpaired) electrons. The normalized spacial score (nSPS) is 15.6. The highest BCUT2D eigenvalue weighted by molar-refractivity contribution is 8.14. The zero-order valence-electron chi connectivity index (χ0n) is 23.9. The Labute approximate surface area is 254 Å². The average molecular weight is 621 g/mol. The number of aliphatic imine (C=N–C) groups is 1. The van der Waals surface area contributed by atoms with E-state index >= 15 is 0 Å². The number of non-ortho nitro benzene ring substituents is 1. The summed E-state index contributed by atoms with van der Waals surface area (Å²) in [6.45, 7) is 1.29. The SMILES string of the molecule is CN1N=C(c2ccc3c(c2)CCCN3/C(=N\CCCc2ccc(NS(C)(=O)=O)cc2)c2ccc([N+](=O)[O-])cc2)CSC1=O. The van der Waals surface area contributed by atoms with E-state index in [0.29, 0.717) is 18.0 Å². The van der Waals surface area contributed by atoms with Gasteiger partial charge in [-0.2, -0.15) is 5.10 Å². The first-order valence-corrected chi connectivity index (χ1v) is 16.7. The highest BCUT2D eigenvalue weighted by Gasteiger charge is 2.25. The minimum atomic E-state index is -3.33. The van der Waals surface area contributed by atoms with Crippen LogP contribution in [0.1, 0.15) is 35.1 Å². The van der Waals surface area contributed by atoms with Crippen LogP contribution in [0.4, 0.5) is 21.9 Å². The molecule has 2 aliphatic heterocycles. The number of aryl methyl sites for hydroxylation is 2.